The van der Waals surface area contributed by atoms with Crippen molar-refractivity contribution in [3.05, 3.63) is 63.6 Å². The average Bonchev–Trinajstić information content (AvgIpc) is 2.55. The molecule has 0 spiro atoms. The summed E-state index contributed by atoms with van der Waals surface area (Å²) in [5.41, 5.74) is 2.97. The maximum Gasteiger partial charge on any atom is 0.251 e. The summed E-state index contributed by atoms with van der Waals surface area (Å²) in [7, 11) is 5.38. The fraction of sp³-hybridized carbons (Fsp3) is 0.278. The zero-order valence-electron chi connectivity index (χ0n) is 13.6. The van der Waals surface area contributed by atoms with E-state index in [1.54, 1.807) is 14.2 Å². The van der Waals surface area contributed by atoms with E-state index in [1.165, 1.54) is 0 Å². The highest BCUT2D eigenvalue weighted by Crippen LogP contribution is 2.24. The Kier molecular flexibility index (Phi) is 6.19. The van der Waals surface area contributed by atoms with Crippen LogP contribution in [0.2, 0.25) is 0 Å². The van der Waals surface area contributed by atoms with Gasteiger partial charge in [-0.2, -0.15) is 0 Å². The number of amides is 1. The van der Waals surface area contributed by atoms with E-state index in [1.807, 2.05) is 36.4 Å². The van der Waals surface area contributed by atoms with Crippen molar-refractivity contribution >= 4 is 21.8 Å². The van der Waals surface area contributed by atoms with Crippen LogP contribution in [0.1, 0.15) is 21.5 Å². The van der Waals surface area contributed by atoms with Crippen LogP contribution in [0, 0.1) is 0 Å². The molecule has 2 rings (SSSR count). The Morgan fingerprint density at radius 1 is 1.17 bits per heavy atom. The van der Waals surface area contributed by atoms with E-state index in [0.29, 0.717) is 5.56 Å². The number of hydrogen-bond donors (Lipinski definition) is 1. The number of carbonyl (C=O) groups excluding carboxylic acids is 1. The Morgan fingerprint density at radius 3 is 2.48 bits per heavy atom. The number of halogens is 1. The van der Waals surface area contributed by atoms with Gasteiger partial charge in [0, 0.05) is 35.7 Å². The van der Waals surface area contributed by atoms with Gasteiger partial charge in [-0.15, -0.1) is 0 Å². The molecule has 0 bridgehead atoms. The molecule has 0 fully saturated rings. The molecule has 0 atom stereocenters. The van der Waals surface area contributed by atoms with Crippen molar-refractivity contribution in [2.45, 2.75) is 13.1 Å². The third kappa shape index (κ3) is 4.81. The third-order valence-corrected chi connectivity index (χ3v) is 4.07. The monoisotopic (exact) mass is 376 g/mol. The smallest absolute Gasteiger partial charge is 0.251 e. The zero-order chi connectivity index (χ0) is 16.8. The van der Waals surface area contributed by atoms with Gasteiger partial charge in [0.15, 0.2) is 0 Å². The first-order valence-electron chi connectivity index (χ1n) is 7.35. The second-order valence-electron chi connectivity index (χ2n) is 5.40. The van der Waals surface area contributed by atoms with Crippen LogP contribution in [0.15, 0.2) is 46.9 Å². The van der Waals surface area contributed by atoms with Crippen molar-refractivity contribution in [2.75, 3.05) is 21.2 Å². The van der Waals surface area contributed by atoms with Crippen molar-refractivity contribution in [3.8, 4) is 5.75 Å². The van der Waals surface area contributed by atoms with Crippen molar-refractivity contribution in [2.24, 2.45) is 0 Å². The minimum Gasteiger partial charge on any atom is -0.496 e. The standard InChI is InChI=1S/C18H21BrN2O2/c1-20-18(22)14-6-4-13(5-7-14)11-21(2)12-15-10-16(19)8-9-17(15)23-3/h4-10H,11-12H2,1-3H3,(H,20,22). The number of carbonyl (C=O) groups is 1. The first-order chi connectivity index (χ1) is 11.0. The molecule has 5 heteroatoms. The van der Waals surface area contributed by atoms with Gasteiger partial charge < -0.3 is 10.1 Å². The average molecular weight is 377 g/mol. The van der Waals surface area contributed by atoms with Crippen LogP contribution >= 0.6 is 15.9 Å². The second-order valence-corrected chi connectivity index (χ2v) is 6.32. The fourth-order valence-corrected chi connectivity index (χ4v) is 2.84. The Balaban J connectivity index is 2.03. The number of benzene rings is 2. The maximum absolute atomic E-state index is 11.6. The molecule has 1 amide bonds. The molecule has 0 saturated carbocycles. The molecule has 0 saturated heterocycles. The number of nitrogens with one attached hydrogen (secondary N) is 1. The summed E-state index contributed by atoms with van der Waals surface area (Å²) in [5.74, 6) is 0.818. The predicted molar refractivity (Wildman–Crippen MR) is 95.7 cm³/mol. The van der Waals surface area contributed by atoms with Gasteiger partial charge in [0.25, 0.3) is 5.91 Å². The molecule has 0 aliphatic carbocycles. The highest BCUT2D eigenvalue weighted by molar-refractivity contribution is 9.10. The number of nitrogens with zero attached hydrogens (tertiary/aromatic N) is 1. The van der Waals surface area contributed by atoms with E-state index in [9.17, 15) is 4.79 Å². The van der Waals surface area contributed by atoms with E-state index < -0.39 is 0 Å². The van der Waals surface area contributed by atoms with Gasteiger partial charge in [-0.3, -0.25) is 9.69 Å². The minimum atomic E-state index is -0.0659. The summed E-state index contributed by atoms with van der Waals surface area (Å²) < 4.78 is 6.45. The highest BCUT2D eigenvalue weighted by Gasteiger charge is 2.09. The summed E-state index contributed by atoms with van der Waals surface area (Å²) in [6, 6.07) is 13.7. The predicted octanol–water partition coefficient (Wildman–Crippen LogP) is 3.45. The summed E-state index contributed by atoms with van der Waals surface area (Å²) >= 11 is 3.50. The van der Waals surface area contributed by atoms with Crippen LogP contribution in [0.5, 0.6) is 5.75 Å². The second kappa shape index (κ2) is 8.13. The van der Waals surface area contributed by atoms with Gasteiger partial charge in [-0.1, -0.05) is 28.1 Å². The third-order valence-electron chi connectivity index (χ3n) is 3.58. The summed E-state index contributed by atoms with van der Waals surface area (Å²) in [4.78, 5) is 13.8. The highest BCUT2D eigenvalue weighted by atomic mass is 79.9. The molecule has 1 N–H and O–H groups in total. The summed E-state index contributed by atoms with van der Waals surface area (Å²) in [6.07, 6.45) is 0. The number of hydrogen-bond acceptors (Lipinski definition) is 3. The van der Waals surface area contributed by atoms with Crippen molar-refractivity contribution < 1.29 is 9.53 Å². The molecular formula is C18H21BrN2O2. The lowest BCUT2D eigenvalue weighted by Crippen LogP contribution is -2.19. The van der Waals surface area contributed by atoms with E-state index in [4.69, 9.17) is 4.74 Å². The molecule has 2 aromatic rings. The summed E-state index contributed by atoms with van der Waals surface area (Å²) in [6.45, 7) is 1.57. The van der Waals surface area contributed by atoms with Crippen LogP contribution in [0.4, 0.5) is 0 Å². The molecular weight excluding hydrogens is 356 g/mol. The molecule has 0 aliphatic heterocycles. The van der Waals surface area contributed by atoms with Crippen LogP contribution in [-0.4, -0.2) is 32.0 Å². The fourth-order valence-electron chi connectivity index (χ4n) is 2.43. The topological polar surface area (TPSA) is 41.6 Å². The van der Waals surface area contributed by atoms with Crippen LogP contribution in [0.25, 0.3) is 0 Å². The van der Waals surface area contributed by atoms with Crippen LogP contribution < -0.4 is 10.1 Å². The lowest BCUT2D eigenvalue weighted by Gasteiger charge is -2.19. The van der Waals surface area contributed by atoms with E-state index >= 15 is 0 Å². The zero-order valence-corrected chi connectivity index (χ0v) is 15.2. The van der Waals surface area contributed by atoms with Crippen LogP contribution in [0.3, 0.4) is 0 Å². The molecule has 122 valence electrons. The number of methoxy groups -OCH3 is 1. The maximum atomic E-state index is 11.6. The Hall–Kier alpha value is -1.85. The number of rotatable bonds is 6. The molecule has 2 aromatic carbocycles. The van der Waals surface area contributed by atoms with Crippen molar-refractivity contribution in [3.63, 3.8) is 0 Å². The Morgan fingerprint density at radius 2 is 1.87 bits per heavy atom. The van der Waals surface area contributed by atoms with Gasteiger partial charge in [0.1, 0.15) is 5.75 Å². The Bertz CT molecular complexity index is 671. The van der Waals surface area contributed by atoms with Crippen molar-refractivity contribution in [1.82, 2.24) is 10.2 Å². The molecule has 4 nitrogen and oxygen atoms in total. The van der Waals surface area contributed by atoms with Gasteiger partial charge in [0.05, 0.1) is 7.11 Å². The minimum absolute atomic E-state index is 0.0659. The molecule has 0 radical (unpaired) electrons. The Labute approximate surface area is 145 Å². The van der Waals surface area contributed by atoms with E-state index in [2.05, 4.69) is 39.3 Å². The first-order valence-corrected chi connectivity index (χ1v) is 8.14. The lowest BCUT2D eigenvalue weighted by atomic mass is 10.1. The normalized spacial score (nSPS) is 10.7. The van der Waals surface area contributed by atoms with Gasteiger partial charge >= 0.3 is 0 Å². The number of ether oxygens (including phenoxy) is 1. The molecule has 0 heterocycles. The van der Waals surface area contributed by atoms with Crippen molar-refractivity contribution in [1.29, 1.82) is 0 Å². The largest absolute Gasteiger partial charge is 0.496 e. The van der Waals surface area contributed by atoms with Crippen LogP contribution in [-0.2, 0) is 13.1 Å². The van der Waals surface area contributed by atoms with E-state index in [0.717, 1.165) is 34.4 Å². The van der Waals surface area contributed by atoms with E-state index in [-0.39, 0.29) is 5.91 Å². The quantitative estimate of drug-likeness (QED) is 0.839. The summed E-state index contributed by atoms with van der Waals surface area (Å²) in [5, 5.41) is 2.62. The molecule has 0 aromatic heterocycles. The van der Waals surface area contributed by atoms with Gasteiger partial charge in [-0.25, -0.2) is 0 Å². The molecule has 0 aliphatic rings. The van der Waals surface area contributed by atoms with Gasteiger partial charge in [0.2, 0.25) is 0 Å². The SMILES string of the molecule is CNC(=O)c1ccc(CN(C)Cc2cc(Br)ccc2OC)cc1. The molecule has 23 heavy (non-hydrogen) atoms. The lowest BCUT2D eigenvalue weighted by molar-refractivity contribution is 0.0963. The first kappa shape index (κ1) is 17.5. The molecule has 0 unspecified atom stereocenters. The van der Waals surface area contributed by atoms with Gasteiger partial charge in [-0.05, 0) is 42.9 Å².